The molecule has 0 fully saturated rings. The molecule has 0 radical (unpaired) electrons. The molecule has 0 spiro atoms. The Kier molecular flexibility index (Phi) is 7.43. The summed E-state index contributed by atoms with van der Waals surface area (Å²) < 4.78 is 5.57. The summed E-state index contributed by atoms with van der Waals surface area (Å²) in [4.78, 5) is 0. The summed E-state index contributed by atoms with van der Waals surface area (Å²) in [7, 11) is -0.0674. The van der Waals surface area contributed by atoms with Crippen LogP contribution in [0.2, 0.25) is 18.6 Å². The van der Waals surface area contributed by atoms with Gasteiger partial charge in [-0.05, 0) is 24.6 Å². The molecule has 0 heterocycles. The summed E-state index contributed by atoms with van der Waals surface area (Å²) in [5, 5.41) is 18.3. The highest BCUT2D eigenvalue weighted by Crippen LogP contribution is 2.24. The van der Waals surface area contributed by atoms with Gasteiger partial charge >= 0.3 is 0 Å². The van der Waals surface area contributed by atoms with Crippen LogP contribution in [0.3, 0.4) is 0 Å². The minimum Gasteiger partial charge on any atom is -0.420 e. The van der Waals surface area contributed by atoms with E-state index in [2.05, 4.69) is 20.4 Å². The zero-order valence-electron chi connectivity index (χ0n) is 10.5. The maximum Gasteiger partial charge on any atom is 0.191 e. The van der Waals surface area contributed by atoms with Crippen LogP contribution in [0.1, 0.15) is 26.7 Å². The summed E-state index contributed by atoms with van der Waals surface area (Å²) in [6, 6.07) is 1.70. The van der Waals surface area contributed by atoms with Gasteiger partial charge in [-0.25, -0.2) is 0 Å². The van der Waals surface area contributed by atoms with Crippen molar-refractivity contribution in [3.63, 3.8) is 0 Å². The van der Waals surface area contributed by atoms with Crippen molar-refractivity contribution in [3.05, 3.63) is 0 Å². The SMILES string of the molecule is CCC(C)CC[Si](C)(CC(O)CO)OC. The highest BCUT2D eigenvalue weighted by Gasteiger charge is 2.30. The first-order valence-corrected chi connectivity index (χ1v) is 8.63. The Morgan fingerprint density at radius 2 is 2.00 bits per heavy atom. The Morgan fingerprint density at radius 3 is 2.40 bits per heavy atom. The molecule has 3 nitrogen and oxygen atoms in total. The third kappa shape index (κ3) is 6.30. The largest absolute Gasteiger partial charge is 0.420 e. The second-order valence-electron chi connectivity index (χ2n) is 4.75. The topological polar surface area (TPSA) is 49.7 Å². The van der Waals surface area contributed by atoms with E-state index in [1.165, 1.54) is 6.42 Å². The van der Waals surface area contributed by atoms with E-state index >= 15 is 0 Å². The summed E-state index contributed by atoms with van der Waals surface area (Å²) in [5.41, 5.74) is 0. The van der Waals surface area contributed by atoms with Crippen LogP contribution < -0.4 is 0 Å². The molecule has 3 atom stereocenters. The van der Waals surface area contributed by atoms with Crippen LogP contribution in [0.25, 0.3) is 0 Å². The maximum absolute atomic E-state index is 9.45. The lowest BCUT2D eigenvalue weighted by atomic mass is 10.1. The number of aliphatic hydroxyl groups is 2. The third-order valence-corrected chi connectivity index (χ3v) is 6.90. The fourth-order valence-corrected chi connectivity index (χ4v) is 4.41. The smallest absolute Gasteiger partial charge is 0.191 e. The van der Waals surface area contributed by atoms with Crippen molar-refractivity contribution in [2.24, 2.45) is 5.92 Å². The molecule has 92 valence electrons. The Bertz CT molecular complexity index is 166. The van der Waals surface area contributed by atoms with Crippen LogP contribution in [-0.2, 0) is 4.43 Å². The number of aliphatic hydroxyl groups excluding tert-OH is 2. The summed E-state index contributed by atoms with van der Waals surface area (Å²) in [5.74, 6) is 0.721. The highest BCUT2D eigenvalue weighted by atomic mass is 28.4. The van der Waals surface area contributed by atoms with Crippen molar-refractivity contribution in [1.82, 2.24) is 0 Å². The molecule has 2 N–H and O–H groups in total. The molecule has 0 aromatic heterocycles. The quantitative estimate of drug-likeness (QED) is 0.632. The van der Waals surface area contributed by atoms with Crippen LogP contribution in [0.15, 0.2) is 0 Å². The molecule has 0 aliphatic heterocycles. The Morgan fingerprint density at radius 1 is 1.40 bits per heavy atom. The van der Waals surface area contributed by atoms with Gasteiger partial charge < -0.3 is 14.6 Å². The third-order valence-electron chi connectivity index (χ3n) is 3.23. The van der Waals surface area contributed by atoms with Crippen molar-refractivity contribution >= 4 is 8.32 Å². The molecule has 0 aromatic carbocycles. The standard InChI is InChI=1S/C11H26O3Si/c1-5-10(2)6-7-15(4,14-3)9-11(13)8-12/h10-13H,5-9H2,1-4H3. The second-order valence-corrected chi connectivity index (χ2v) is 8.96. The van der Waals surface area contributed by atoms with E-state index in [1.807, 2.05) is 0 Å². The summed E-state index contributed by atoms with van der Waals surface area (Å²) >= 11 is 0. The van der Waals surface area contributed by atoms with Crippen LogP contribution in [0.5, 0.6) is 0 Å². The van der Waals surface area contributed by atoms with E-state index in [9.17, 15) is 5.11 Å². The van der Waals surface area contributed by atoms with Crippen molar-refractivity contribution in [3.8, 4) is 0 Å². The molecule has 3 unspecified atom stereocenters. The molecule has 4 heteroatoms. The molecule has 0 aromatic rings. The monoisotopic (exact) mass is 234 g/mol. The van der Waals surface area contributed by atoms with Crippen molar-refractivity contribution in [2.45, 2.75) is 51.4 Å². The van der Waals surface area contributed by atoms with E-state index in [1.54, 1.807) is 7.11 Å². The lowest BCUT2D eigenvalue weighted by molar-refractivity contribution is 0.105. The molecule has 0 aliphatic carbocycles. The molecule has 0 rings (SSSR count). The Hall–Kier alpha value is 0.0969. The average Bonchev–Trinajstić information content (AvgIpc) is 2.25. The second kappa shape index (κ2) is 7.38. The molecule has 15 heavy (non-hydrogen) atoms. The molecular formula is C11H26O3Si. The number of hydrogen-bond acceptors (Lipinski definition) is 3. The van der Waals surface area contributed by atoms with Crippen LogP contribution in [-0.4, -0.2) is 38.4 Å². The van der Waals surface area contributed by atoms with Crippen LogP contribution in [0, 0.1) is 5.92 Å². The maximum atomic E-state index is 9.45. The van der Waals surface area contributed by atoms with Gasteiger partial charge in [0.15, 0.2) is 8.32 Å². The summed E-state index contributed by atoms with van der Waals surface area (Å²) in [6.07, 6.45) is 1.74. The molecule has 0 amide bonds. The minimum absolute atomic E-state index is 0.157. The van der Waals surface area contributed by atoms with Crippen molar-refractivity contribution in [1.29, 1.82) is 0 Å². The van der Waals surface area contributed by atoms with Gasteiger partial charge in [0.2, 0.25) is 0 Å². The van der Waals surface area contributed by atoms with Gasteiger partial charge in [0, 0.05) is 7.11 Å². The fraction of sp³-hybridized carbons (Fsp3) is 1.00. The van der Waals surface area contributed by atoms with Gasteiger partial charge in [-0.2, -0.15) is 0 Å². The van der Waals surface area contributed by atoms with Gasteiger partial charge in [-0.15, -0.1) is 0 Å². The lowest BCUT2D eigenvalue weighted by Crippen LogP contribution is -2.38. The highest BCUT2D eigenvalue weighted by molar-refractivity contribution is 6.72. The van der Waals surface area contributed by atoms with Gasteiger partial charge in [-0.3, -0.25) is 0 Å². The van der Waals surface area contributed by atoms with E-state index in [4.69, 9.17) is 9.53 Å². The van der Waals surface area contributed by atoms with Gasteiger partial charge in [0.25, 0.3) is 0 Å². The van der Waals surface area contributed by atoms with Gasteiger partial charge in [0.05, 0.1) is 12.7 Å². The lowest BCUT2D eigenvalue weighted by Gasteiger charge is -2.28. The molecule has 0 saturated heterocycles. The molecule has 0 saturated carbocycles. The molecular weight excluding hydrogens is 208 g/mol. The van der Waals surface area contributed by atoms with Crippen molar-refractivity contribution < 1.29 is 14.6 Å². The normalized spacial score (nSPS) is 19.6. The predicted octanol–water partition coefficient (Wildman–Crippen LogP) is 2.00. The van der Waals surface area contributed by atoms with Crippen LogP contribution in [0.4, 0.5) is 0 Å². The fourth-order valence-electron chi connectivity index (χ4n) is 1.61. The van der Waals surface area contributed by atoms with Crippen molar-refractivity contribution in [2.75, 3.05) is 13.7 Å². The number of hydrogen-bond donors (Lipinski definition) is 2. The first-order valence-electron chi connectivity index (χ1n) is 5.81. The first kappa shape index (κ1) is 15.1. The van der Waals surface area contributed by atoms with Crippen LogP contribution >= 0.6 is 0 Å². The first-order chi connectivity index (χ1) is 6.97. The average molecular weight is 234 g/mol. The van der Waals surface area contributed by atoms with Gasteiger partial charge in [0.1, 0.15) is 0 Å². The van der Waals surface area contributed by atoms with E-state index in [-0.39, 0.29) is 6.61 Å². The Balaban J connectivity index is 4.06. The molecule has 0 aliphatic rings. The number of rotatable bonds is 8. The Labute approximate surface area is 94.6 Å². The zero-order chi connectivity index (χ0) is 11.9. The van der Waals surface area contributed by atoms with Gasteiger partial charge in [-0.1, -0.05) is 26.7 Å². The predicted molar refractivity (Wildman–Crippen MR) is 65.4 cm³/mol. The summed E-state index contributed by atoms with van der Waals surface area (Å²) in [6.45, 7) is 6.41. The zero-order valence-corrected chi connectivity index (χ0v) is 11.5. The minimum atomic E-state index is -1.80. The molecule has 0 bridgehead atoms. The van der Waals surface area contributed by atoms with E-state index < -0.39 is 14.4 Å². The van der Waals surface area contributed by atoms with E-state index in [0.29, 0.717) is 6.04 Å². The van der Waals surface area contributed by atoms with E-state index in [0.717, 1.165) is 18.4 Å².